The van der Waals surface area contributed by atoms with Crippen LogP contribution in [0, 0.1) is 5.41 Å². The van der Waals surface area contributed by atoms with Crippen molar-refractivity contribution in [3.63, 3.8) is 0 Å². The maximum absolute atomic E-state index is 11.0. The number of amides is 1. The molecule has 0 saturated heterocycles. The van der Waals surface area contributed by atoms with Gasteiger partial charge in [0.15, 0.2) is 0 Å². The summed E-state index contributed by atoms with van der Waals surface area (Å²) in [6.07, 6.45) is 0. The Bertz CT molecular complexity index is 235. The molecule has 0 aromatic heterocycles. The molecule has 6 heteroatoms. The third-order valence-electron chi connectivity index (χ3n) is 1.81. The maximum atomic E-state index is 11.0. The standard InChI is InChI=1S/C7H12ClNO4/c1-6(2,3)7(13,5(11)12)4(10)9-8/h13H,1-3H3,(H,9,10)(H,11,12). The highest BCUT2D eigenvalue weighted by molar-refractivity contribution is 6.25. The van der Waals surface area contributed by atoms with Crippen molar-refractivity contribution in [2.24, 2.45) is 5.41 Å². The molecule has 0 aliphatic rings. The summed E-state index contributed by atoms with van der Waals surface area (Å²) in [5, 5.41) is 18.3. The molecule has 0 heterocycles. The first-order valence-corrected chi connectivity index (χ1v) is 3.92. The van der Waals surface area contributed by atoms with Gasteiger partial charge in [0.1, 0.15) is 0 Å². The molecule has 0 aromatic carbocycles. The topological polar surface area (TPSA) is 86.6 Å². The van der Waals surface area contributed by atoms with E-state index in [-0.39, 0.29) is 0 Å². The van der Waals surface area contributed by atoms with Gasteiger partial charge in [-0.1, -0.05) is 20.8 Å². The Morgan fingerprint density at radius 1 is 1.31 bits per heavy atom. The first kappa shape index (κ1) is 12.2. The summed E-state index contributed by atoms with van der Waals surface area (Å²) in [4.78, 5) is 23.3. The van der Waals surface area contributed by atoms with E-state index in [1.165, 1.54) is 20.8 Å². The van der Waals surface area contributed by atoms with E-state index < -0.39 is 22.9 Å². The van der Waals surface area contributed by atoms with Crippen LogP contribution >= 0.6 is 11.8 Å². The first-order chi connectivity index (χ1) is 5.67. The van der Waals surface area contributed by atoms with Crippen LogP contribution in [0.5, 0.6) is 0 Å². The second-order valence-corrected chi connectivity index (χ2v) is 3.88. The fourth-order valence-corrected chi connectivity index (χ4v) is 0.964. The van der Waals surface area contributed by atoms with E-state index in [2.05, 4.69) is 0 Å². The quantitative estimate of drug-likeness (QED) is 0.445. The van der Waals surface area contributed by atoms with Crippen LogP contribution in [-0.2, 0) is 9.59 Å². The third kappa shape index (κ3) is 1.92. The average Bonchev–Trinajstić information content (AvgIpc) is 1.98. The van der Waals surface area contributed by atoms with Crippen molar-refractivity contribution in [2.45, 2.75) is 26.4 Å². The number of hydrogen-bond acceptors (Lipinski definition) is 3. The number of aliphatic hydroxyl groups is 1. The van der Waals surface area contributed by atoms with Gasteiger partial charge in [0.25, 0.3) is 5.91 Å². The molecule has 1 atom stereocenters. The van der Waals surface area contributed by atoms with Crippen LogP contribution in [-0.4, -0.2) is 27.7 Å². The highest BCUT2D eigenvalue weighted by Crippen LogP contribution is 2.30. The Balaban J connectivity index is 5.20. The Kier molecular flexibility index (Phi) is 3.29. The summed E-state index contributed by atoms with van der Waals surface area (Å²) in [6, 6.07) is 0. The van der Waals surface area contributed by atoms with Crippen LogP contribution in [0.1, 0.15) is 20.8 Å². The minimum absolute atomic E-state index is 1.14. The Morgan fingerprint density at radius 2 is 1.69 bits per heavy atom. The van der Waals surface area contributed by atoms with Crippen molar-refractivity contribution in [1.29, 1.82) is 0 Å². The summed E-state index contributed by atoms with van der Waals surface area (Å²) >= 11 is 4.96. The number of aliphatic carboxylic acids is 1. The normalized spacial score (nSPS) is 16.1. The monoisotopic (exact) mass is 209 g/mol. The van der Waals surface area contributed by atoms with Gasteiger partial charge in [-0.05, 0) is 0 Å². The molecule has 3 N–H and O–H groups in total. The van der Waals surface area contributed by atoms with Crippen LogP contribution in [0.25, 0.3) is 0 Å². The molecule has 5 nitrogen and oxygen atoms in total. The van der Waals surface area contributed by atoms with Crippen LogP contribution in [0.3, 0.4) is 0 Å². The second-order valence-electron chi connectivity index (χ2n) is 3.69. The Morgan fingerprint density at radius 3 is 1.77 bits per heavy atom. The summed E-state index contributed by atoms with van der Waals surface area (Å²) < 4.78 is 0. The van der Waals surface area contributed by atoms with E-state index in [0.29, 0.717) is 0 Å². The van der Waals surface area contributed by atoms with Gasteiger partial charge in [-0.3, -0.25) is 9.63 Å². The van der Waals surface area contributed by atoms with Gasteiger partial charge in [-0.25, -0.2) is 4.79 Å². The van der Waals surface area contributed by atoms with Gasteiger partial charge in [0, 0.05) is 17.2 Å². The summed E-state index contributed by atoms with van der Waals surface area (Å²) in [6.45, 7) is 4.27. The molecular weight excluding hydrogens is 198 g/mol. The van der Waals surface area contributed by atoms with Gasteiger partial charge in [0.05, 0.1) is 0 Å². The minimum Gasteiger partial charge on any atom is -0.479 e. The van der Waals surface area contributed by atoms with E-state index >= 15 is 0 Å². The minimum atomic E-state index is -2.52. The van der Waals surface area contributed by atoms with Crippen molar-refractivity contribution in [3.05, 3.63) is 0 Å². The summed E-state index contributed by atoms with van der Waals surface area (Å²) in [5.41, 5.74) is -3.66. The lowest BCUT2D eigenvalue weighted by Gasteiger charge is -2.33. The van der Waals surface area contributed by atoms with Crippen LogP contribution in [0.2, 0.25) is 0 Å². The molecule has 0 aromatic rings. The number of rotatable bonds is 2. The van der Waals surface area contributed by atoms with Gasteiger partial charge in [-0.2, -0.15) is 0 Å². The van der Waals surface area contributed by atoms with Crippen molar-refractivity contribution >= 4 is 23.7 Å². The van der Waals surface area contributed by atoms with E-state index in [0.717, 1.165) is 0 Å². The van der Waals surface area contributed by atoms with E-state index in [4.69, 9.17) is 16.9 Å². The number of hydrogen-bond donors (Lipinski definition) is 3. The number of halogens is 1. The van der Waals surface area contributed by atoms with Gasteiger partial charge < -0.3 is 10.2 Å². The molecule has 1 amide bonds. The van der Waals surface area contributed by atoms with Crippen LogP contribution in [0.15, 0.2) is 0 Å². The molecule has 0 bridgehead atoms. The van der Waals surface area contributed by atoms with Crippen molar-refractivity contribution < 1.29 is 19.8 Å². The molecule has 13 heavy (non-hydrogen) atoms. The summed E-state index contributed by atoms with van der Waals surface area (Å²) in [5.74, 6) is -2.77. The predicted molar refractivity (Wildman–Crippen MR) is 46.0 cm³/mol. The number of carboxylic acids is 1. The van der Waals surface area contributed by atoms with Crippen molar-refractivity contribution in [3.8, 4) is 0 Å². The molecule has 1 unspecified atom stereocenters. The molecule has 0 aliphatic heterocycles. The number of carboxylic acid groups (broad SMARTS) is 1. The number of nitrogens with one attached hydrogen (secondary N) is 1. The highest BCUT2D eigenvalue weighted by Gasteiger charge is 2.54. The van der Waals surface area contributed by atoms with Gasteiger partial charge >= 0.3 is 5.97 Å². The molecule has 76 valence electrons. The molecule has 0 fully saturated rings. The molecule has 0 radical (unpaired) electrons. The van der Waals surface area contributed by atoms with Crippen molar-refractivity contribution in [1.82, 2.24) is 4.84 Å². The van der Waals surface area contributed by atoms with Crippen LogP contribution in [0.4, 0.5) is 0 Å². The van der Waals surface area contributed by atoms with Crippen molar-refractivity contribution in [2.75, 3.05) is 0 Å². The zero-order valence-corrected chi connectivity index (χ0v) is 8.34. The molecule has 0 spiro atoms. The molecular formula is C7H12ClNO4. The molecule has 0 rings (SSSR count). The van der Waals surface area contributed by atoms with E-state index in [1.54, 1.807) is 4.84 Å². The fraction of sp³-hybridized carbons (Fsp3) is 0.714. The average molecular weight is 210 g/mol. The Labute approximate surface area is 80.8 Å². The van der Waals surface area contributed by atoms with Crippen LogP contribution < -0.4 is 4.84 Å². The van der Waals surface area contributed by atoms with Gasteiger partial charge in [0.2, 0.25) is 5.60 Å². The third-order valence-corrected chi connectivity index (χ3v) is 1.98. The lowest BCUT2D eigenvalue weighted by Crippen LogP contribution is -2.59. The Hall–Kier alpha value is -0.810. The smallest absolute Gasteiger partial charge is 0.346 e. The number of carbonyl (C=O) groups is 2. The molecule has 0 saturated carbocycles. The largest absolute Gasteiger partial charge is 0.479 e. The SMILES string of the molecule is CC(C)(C)C(O)(C(=O)O)C(=O)NCl. The zero-order chi connectivity index (χ0) is 10.9. The first-order valence-electron chi connectivity index (χ1n) is 3.54. The fourth-order valence-electron chi connectivity index (χ4n) is 0.827. The van der Waals surface area contributed by atoms with E-state index in [1.807, 2.05) is 0 Å². The highest BCUT2D eigenvalue weighted by atomic mass is 35.5. The maximum Gasteiger partial charge on any atom is 0.346 e. The van der Waals surface area contributed by atoms with E-state index in [9.17, 15) is 14.7 Å². The summed E-state index contributed by atoms with van der Waals surface area (Å²) in [7, 11) is 0. The predicted octanol–water partition coefficient (Wildman–Crippen LogP) is 0.118. The lowest BCUT2D eigenvalue weighted by molar-refractivity contribution is -0.177. The van der Waals surface area contributed by atoms with Gasteiger partial charge in [-0.15, -0.1) is 0 Å². The zero-order valence-electron chi connectivity index (χ0n) is 7.59. The lowest BCUT2D eigenvalue weighted by atomic mass is 9.76. The second kappa shape index (κ2) is 3.51. The number of carbonyl (C=O) groups excluding carboxylic acids is 1. The molecule has 0 aliphatic carbocycles.